The van der Waals surface area contributed by atoms with Crippen LogP contribution in [0.1, 0.15) is 49.9 Å². The minimum Gasteiger partial charge on any atom is -0.343 e. The lowest BCUT2D eigenvalue weighted by atomic mass is 9.94. The lowest BCUT2D eigenvalue weighted by molar-refractivity contribution is -0.154. The summed E-state index contributed by atoms with van der Waals surface area (Å²) < 4.78 is 0. The van der Waals surface area contributed by atoms with E-state index in [0.717, 1.165) is 4.88 Å². The molecule has 1 N–H and O–H groups in total. The minimum absolute atomic E-state index is 0.0309. The van der Waals surface area contributed by atoms with Crippen LogP contribution in [0.5, 0.6) is 0 Å². The van der Waals surface area contributed by atoms with Gasteiger partial charge in [0.05, 0.1) is 6.04 Å². The summed E-state index contributed by atoms with van der Waals surface area (Å²) in [6, 6.07) is 3.27. The highest BCUT2D eigenvalue weighted by atomic mass is 32.1. The highest BCUT2D eigenvalue weighted by Crippen LogP contribution is 2.32. The molecule has 3 unspecified atom stereocenters. The quantitative estimate of drug-likeness (QED) is 0.930. The maximum Gasteiger partial charge on any atom is 0.246 e. The predicted octanol–water partition coefficient (Wildman–Crippen LogP) is 2.88. The minimum atomic E-state index is -0.393. The van der Waals surface area contributed by atoms with Crippen LogP contribution < -0.4 is 5.32 Å². The third-order valence-corrected chi connectivity index (χ3v) is 5.24. The molecule has 1 aliphatic heterocycles. The van der Waals surface area contributed by atoms with Crippen LogP contribution in [0.2, 0.25) is 0 Å². The number of hydrogen-bond donors (Lipinski definition) is 1. The van der Waals surface area contributed by atoms with Gasteiger partial charge in [-0.05, 0) is 38.3 Å². The highest BCUT2D eigenvalue weighted by molar-refractivity contribution is 7.12. The van der Waals surface area contributed by atoms with Crippen molar-refractivity contribution in [3.8, 4) is 0 Å². The number of thiophene rings is 1. The van der Waals surface area contributed by atoms with E-state index in [0.29, 0.717) is 6.42 Å². The van der Waals surface area contributed by atoms with E-state index in [-0.39, 0.29) is 23.8 Å². The Kier molecular flexibility index (Phi) is 4.71. The van der Waals surface area contributed by atoms with Gasteiger partial charge in [0.1, 0.15) is 12.1 Å². The van der Waals surface area contributed by atoms with Crippen molar-refractivity contribution in [2.45, 2.75) is 59.2 Å². The van der Waals surface area contributed by atoms with Crippen molar-refractivity contribution >= 4 is 23.2 Å². The van der Waals surface area contributed by atoms with Gasteiger partial charge in [0.25, 0.3) is 0 Å². The number of aryl methyl sites for hydroxylation is 1. The van der Waals surface area contributed by atoms with Gasteiger partial charge in [0.15, 0.2) is 0 Å². The van der Waals surface area contributed by atoms with Crippen LogP contribution in [0.15, 0.2) is 12.1 Å². The third kappa shape index (κ3) is 2.98. The predicted molar refractivity (Wildman–Crippen MR) is 85.2 cm³/mol. The monoisotopic (exact) mass is 308 g/mol. The van der Waals surface area contributed by atoms with Gasteiger partial charge in [0, 0.05) is 9.75 Å². The Morgan fingerprint density at radius 1 is 1.29 bits per heavy atom. The second kappa shape index (κ2) is 6.18. The molecule has 0 aromatic carbocycles. The maximum absolute atomic E-state index is 12.8. The topological polar surface area (TPSA) is 49.4 Å². The molecule has 0 bridgehead atoms. The summed E-state index contributed by atoms with van der Waals surface area (Å²) in [6.07, 6.45) is 0.627. The normalized spacial score (nSPS) is 24.4. The number of carbonyl (C=O) groups excluding carboxylic acids is 2. The van der Waals surface area contributed by atoms with Crippen LogP contribution in [-0.2, 0) is 9.59 Å². The molecule has 2 amide bonds. The molecule has 4 nitrogen and oxygen atoms in total. The van der Waals surface area contributed by atoms with Gasteiger partial charge in [-0.15, -0.1) is 11.3 Å². The molecule has 5 heteroatoms. The molecule has 2 rings (SSSR count). The number of piperazine rings is 1. The van der Waals surface area contributed by atoms with Gasteiger partial charge in [-0.3, -0.25) is 9.59 Å². The SMILES string of the molecule is CCC1NC(=O)C(C(C)C)N(C(C)c2ccc(C)s2)C1=O. The van der Waals surface area contributed by atoms with Crippen LogP contribution in [0.3, 0.4) is 0 Å². The van der Waals surface area contributed by atoms with E-state index in [9.17, 15) is 9.59 Å². The number of rotatable bonds is 4. The van der Waals surface area contributed by atoms with E-state index in [1.165, 1.54) is 4.88 Å². The number of nitrogens with zero attached hydrogens (tertiary/aromatic N) is 1. The second-order valence-corrected chi connectivity index (χ2v) is 7.35. The summed E-state index contributed by atoms with van der Waals surface area (Å²) in [7, 11) is 0. The zero-order chi connectivity index (χ0) is 15.7. The van der Waals surface area contributed by atoms with Gasteiger partial charge in [0.2, 0.25) is 11.8 Å². The van der Waals surface area contributed by atoms with Crippen molar-refractivity contribution in [2.75, 3.05) is 0 Å². The second-order valence-electron chi connectivity index (χ2n) is 6.03. The van der Waals surface area contributed by atoms with Gasteiger partial charge in [-0.25, -0.2) is 0 Å². The summed E-state index contributed by atoms with van der Waals surface area (Å²) in [4.78, 5) is 29.3. The molecule has 1 saturated heterocycles. The number of nitrogens with one attached hydrogen (secondary N) is 1. The van der Waals surface area contributed by atoms with Crippen molar-refractivity contribution < 1.29 is 9.59 Å². The third-order valence-electron chi connectivity index (χ3n) is 4.07. The zero-order valence-electron chi connectivity index (χ0n) is 13.3. The molecule has 0 spiro atoms. The Balaban J connectivity index is 2.38. The van der Waals surface area contributed by atoms with Gasteiger partial charge in [-0.1, -0.05) is 20.8 Å². The Morgan fingerprint density at radius 2 is 1.95 bits per heavy atom. The molecule has 1 aromatic rings. The van der Waals surface area contributed by atoms with Crippen molar-refractivity contribution in [1.82, 2.24) is 10.2 Å². The Labute approximate surface area is 130 Å². The van der Waals surface area contributed by atoms with Crippen molar-refractivity contribution in [2.24, 2.45) is 5.92 Å². The average molecular weight is 308 g/mol. The summed E-state index contributed by atoms with van der Waals surface area (Å²) in [5.41, 5.74) is 0. The Morgan fingerprint density at radius 3 is 2.43 bits per heavy atom. The number of hydrogen-bond acceptors (Lipinski definition) is 3. The van der Waals surface area contributed by atoms with Crippen molar-refractivity contribution in [1.29, 1.82) is 0 Å². The van der Waals surface area contributed by atoms with E-state index >= 15 is 0 Å². The molecule has 2 heterocycles. The lowest BCUT2D eigenvalue weighted by Gasteiger charge is -2.43. The molecular weight excluding hydrogens is 284 g/mol. The van der Waals surface area contributed by atoms with Crippen LogP contribution in [0, 0.1) is 12.8 Å². The fraction of sp³-hybridized carbons (Fsp3) is 0.625. The molecule has 116 valence electrons. The first-order valence-corrected chi connectivity index (χ1v) is 8.37. The summed E-state index contributed by atoms with van der Waals surface area (Å²) in [5.74, 6) is 0.0983. The van der Waals surface area contributed by atoms with Crippen LogP contribution >= 0.6 is 11.3 Å². The van der Waals surface area contributed by atoms with Crippen LogP contribution in [0.25, 0.3) is 0 Å². The first-order chi connectivity index (χ1) is 9.86. The van der Waals surface area contributed by atoms with E-state index < -0.39 is 12.1 Å². The molecule has 1 aromatic heterocycles. The van der Waals surface area contributed by atoms with Gasteiger partial charge < -0.3 is 10.2 Å². The van der Waals surface area contributed by atoms with E-state index in [1.54, 1.807) is 16.2 Å². The number of carbonyl (C=O) groups is 2. The first-order valence-electron chi connectivity index (χ1n) is 7.55. The molecule has 21 heavy (non-hydrogen) atoms. The summed E-state index contributed by atoms with van der Waals surface area (Å²) >= 11 is 1.69. The molecule has 1 aliphatic rings. The summed E-state index contributed by atoms with van der Waals surface area (Å²) in [6.45, 7) is 9.98. The molecule has 0 radical (unpaired) electrons. The first kappa shape index (κ1) is 16.0. The Bertz CT molecular complexity index is 538. The fourth-order valence-corrected chi connectivity index (χ4v) is 3.84. The van der Waals surface area contributed by atoms with E-state index in [2.05, 4.69) is 24.4 Å². The zero-order valence-corrected chi connectivity index (χ0v) is 14.2. The summed E-state index contributed by atoms with van der Waals surface area (Å²) in [5, 5.41) is 2.86. The molecule has 3 atom stereocenters. The van der Waals surface area contributed by atoms with E-state index in [1.807, 2.05) is 27.7 Å². The van der Waals surface area contributed by atoms with Crippen molar-refractivity contribution in [3.63, 3.8) is 0 Å². The standard InChI is InChI=1S/C16H24N2O2S/c1-6-12-16(20)18(14(9(2)3)15(19)17-12)11(5)13-8-7-10(4)21-13/h7-9,11-12,14H,6H2,1-5H3,(H,17,19). The molecule has 0 aliphatic carbocycles. The molecule has 0 saturated carbocycles. The highest BCUT2D eigenvalue weighted by Gasteiger charge is 2.43. The van der Waals surface area contributed by atoms with Crippen LogP contribution in [-0.4, -0.2) is 28.8 Å². The van der Waals surface area contributed by atoms with Crippen LogP contribution in [0.4, 0.5) is 0 Å². The van der Waals surface area contributed by atoms with Crippen molar-refractivity contribution in [3.05, 3.63) is 21.9 Å². The van der Waals surface area contributed by atoms with Gasteiger partial charge in [-0.2, -0.15) is 0 Å². The smallest absolute Gasteiger partial charge is 0.246 e. The average Bonchev–Trinajstić information content (AvgIpc) is 2.85. The van der Waals surface area contributed by atoms with E-state index in [4.69, 9.17) is 0 Å². The van der Waals surface area contributed by atoms with Gasteiger partial charge >= 0.3 is 0 Å². The largest absolute Gasteiger partial charge is 0.343 e. The fourth-order valence-electron chi connectivity index (χ4n) is 2.91. The molecular formula is C16H24N2O2S. The number of amides is 2. The maximum atomic E-state index is 12.8. The Hall–Kier alpha value is -1.36. The molecule has 1 fully saturated rings. The lowest BCUT2D eigenvalue weighted by Crippen LogP contribution is -2.64.